The normalized spacial score (nSPS) is 8.42. The van der Waals surface area contributed by atoms with Gasteiger partial charge in [-0.15, -0.1) is 0 Å². The fourth-order valence-corrected chi connectivity index (χ4v) is 2.32. The number of hydrogen-bond acceptors (Lipinski definition) is 4. The third kappa shape index (κ3) is 15.1. The van der Waals surface area contributed by atoms with Crippen LogP contribution in [-0.4, -0.2) is 49.8 Å². The van der Waals surface area contributed by atoms with E-state index >= 15 is 0 Å². The number of carboxylic acids is 4. The highest BCUT2D eigenvalue weighted by Gasteiger charge is 1.98. The molecule has 0 heterocycles. The van der Waals surface area contributed by atoms with Gasteiger partial charge in [0.25, 0.3) is 0 Å². The molecule has 0 atom stereocenters. The van der Waals surface area contributed by atoms with Crippen molar-refractivity contribution in [2.75, 3.05) is 0 Å². The average Bonchev–Trinajstić information content (AvgIpc) is 2.92. The molecular weight excluding hydrogens is 512 g/mol. The summed E-state index contributed by atoms with van der Waals surface area (Å²) in [5, 5.41) is 33.5. The van der Waals surface area contributed by atoms with Crippen molar-refractivity contribution in [3.63, 3.8) is 0 Å². The van der Waals surface area contributed by atoms with Crippen molar-refractivity contribution in [2.24, 2.45) is 0 Å². The summed E-state index contributed by atoms with van der Waals surface area (Å²) in [4.78, 5) is 40.8. The van der Waals surface area contributed by atoms with Gasteiger partial charge in [-0.2, -0.15) is 13.5 Å². The molecule has 0 aromatic heterocycles. The zero-order valence-corrected chi connectivity index (χ0v) is 21.0. The van der Waals surface area contributed by atoms with Crippen LogP contribution in [0, 0.1) is 0 Å². The molecule has 10 heteroatoms. The van der Waals surface area contributed by atoms with Crippen molar-refractivity contribution in [2.45, 2.75) is 0 Å². The Morgan fingerprint density at radius 1 is 0.342 bits per heavy atom. The molecule has 0 saturated heterocycles. The average molecular weight is 541 g/mol. The quantitative estimate of drug-likeness (QED) is 0.284. The van der Waals surface area contributed by atoms with Crippen LogP contribution in [-0.2, 0) is 0 Å². The summed E-state index contributed by atoms with van der Waals surface area (Å²) in [5.74, 6) is -3.52. The molecule has 200 valence electrons. The Morgan fingerprint density at radius 2 is 0.474 bits per heavy atom. The van der Waals surface area contributed by atoms with Gasteiger partial charge in [0.05, 0.1) is 22.3 Å². The zero-order chi connectivity index (χ0) is 26.8. The zero-order valence-electron chi connectivity index (χ0n) is 20.0. The molecule has 0 unspecified atom stereocenters. The van der Waals surface area contributed by atoms with Gasteiger partial charge in [-0.05, 0) is 48.5 Å². The molecule has 38 heavy (non-hydrogen) atoms. The number of carbonyl (C=O) groups is 4. The van der Waals surface area contributed by atoms with Crippen molar-refractivity contribution in [1.29, 1.82) is 0 Å². The first-order valence-corrected chi connectivity index (χ1v) is 10.4. The molecule has 4 rings (SSSR count). The summed E-state index contributed by atoms with van der Waals surface area (Å²) >= 11 is 0. The van der Waals surface area contributed by atoms with Crippen molar-refractivity contribution < 1.29 is 45.1 Å². The molecule has 0 fully saturated rings. The Labute approximate surface area is 226 Å². The predicted molar refractivity (Wildman–Crippen MR) is 148 cm³/mol. The minimum absolute atomic E-state index is 0. The molecule has 6 N–H and O–H groups in total. The summed E-state index contributed by atoms with van der Waals surface area (Å²) in [7, 11) is 0. The lowest BCUT2D eigenvalue weighted by Gasteiger charge is -1.88. The predicted octanol–water partition coefficient (Wildman–Crippen LogP) is 4.83. The largest absolute Gasteiger partial charge is 0.478 e. The van der Waals surface area contributed by atoms with Gasteiger partial charge < -0.3 is 25.9 Å². The molecule has 4 aromatic rings. The molecule has 9 nitrogen and oxygen atoms in total. The van der Waals surface area contributed by atoms with Crippen LogP contribution in [0.1, 0.15) is 41.4 Å². The van der Waals surface area contributed by atoms with Gasteiger partial charge in [0, 0.05) is 0 Å². The lowest BCUT2D eigenvalue weighted by Crippen LogP contribution is -1.93. The van der Waals surface area contributed by atoms with Gasteiger partial charge in [-0.3, -0.25) is 0 Å². The lowest BCUT2D eigenvalue weighted by molar-refractivity contribution is 0.0686. The van der Waals surface area contributed by atoms with E-state index in [1.165, 1.54) is 0 Å². The second-order valence-electron chi connectivity index (χ2n) is 6.68. The van der Waals surface area contributed by atoms with Gasteiger partial charge in [0.2, 0.25) is 0 Å². The smallest absolute Gasteiger partial charge is 0.335 e. The van der Waals surface area contributed by atoms with E-state index < -0.39 is 23.9 Å². The topological polar surface area (TPSA) is 181 Å². The number of carboxylic acid groups (broad SMARTS) is 4. The fraction of sp³-hybridized carbons (Fsp3) is 0. The van der Waals surface area contributed by atoms with E-state index in [4.69, 9.17) is 20.4 Å². The summed E-state index contributed by atoms with van der Waals surface area (Å²) in [6, 6.07) is 33.2. The molecule has 0 radical (unpaired) electrons. The third-order valence-corrected chi connectivity index (χ3v) is 4.08. The van der Waals surface area contributed by atoms with E-state index in [-0.39, 0.29) is 19.0 Å². The SMILES string of the molecule is O.O=C(O)c1ccccc1.O=C(O)c1ccccc1.O=C(O)c1ccccc1.O=C(O)c1ccccc1.S. The number of benzene rings is 4. The summed E-state index contributed by atoms with van der Waals surface area (Å²) in [6.07, 6.45) is 0. The summed E-state index contributed by atoms with van der Waals surface area (Å²) in [6.45, 7) is 0. The minimum atomic E-state index is -0.879. The maximum absolute atomic E-state index is 10.2. The third-order valence-electron chi connectivity index (χ3n) is 4.08. The molecule has 0 aliphatic rings. The molecule has 0 aliphatic heterocycles. The minimum Gasteiger partial charge on any atom is -0.478 e. The van der Waals surface area contributed by atoms with Crippen LogP contribution in [0.15, 0.2) is 121 Å². The van der Waals surface area contributed by atoms with E-state index in [9.17, 15) is 19.2 Å². The molecular formula is C28H28O9S. The summed E-state index contributed by atoms with van der Waals surface area (Å²) < 4.78 is 0. The Morgan fingerprint density at radius 3 is 0.553 bits per heavy atom. The van der Waals surface area contributed by atoms with E-state index in [1.807, 2.05) is 0 Å². The number of aromatic carboxylic acids is 4. The summed E-state index contributed by atoms with van der Waals surface area (Å²) in [5.41, 5.74) is 1.32. The molecule has 0 spiro atoms. The number of rotatable bonds is 4. The van der Waals surface area contributed by atoms with Crippen molar-refractivity contribution in [1.82, 2.24) is 0 Å². The van der Waals surface area contributed by atoms with Crippen LogP contribution in [0.2, 0.25) is 0 Å². The highest BCUT2D eigenvalue weighted by molar-refractivity contribution is 7.59. The van der Waals surface area contributed by atoms with Gasteiger partial charge in [-0.25, -0.2) is 19.2 Å². The second kappa shape index (κ2) is 20.3. The van der Waals surface area contributed by atoms with Crippen LogP contribution in [0.3, 0.4) is 0 Å². The van der Waals surface area contributed by atoms with E-state index in [0.717, 1.165) is 0 Å². The van der Waals surface area contributed by atoms with Crippen molar-refractivity contribution in [3.05, 3.63) is 144 Å². The molecule has 4 aromatic carbocycles. The monoisotopic (exact) mass is 540 g/mol. The van der Waals surface area contributed by atoms with Crippen LogP contribution >= 0.6 is 13.5 Å². The van der Waals surface area contributed by atoms with E-state index in [0.29, 0.717) is 22.3 Å². The van der Waals surface area contributed by atoms with Crippen LogP contribution in [0.4, 0.5) is 0 Å². The first-order chi connectivity index (χ1) is 17.2. The first-order valence-electron chi connectivity index (χ1n) is 10.4. The standard InChI is InChI=1S/4C7H6O2.H2O.H2S/c4*8-7(9)6-4-2-1-3-5-6;;/h4*1-5H,(H,8,9);2*1H2. The Balaban J connectivity index is 0. The highest BCUT2D eigenvalue weighted by atomic mass is 32.1. The molecule has 0 bridgehead atoms. The maximum Gasteiger partial charge on any atom is 0.335 e. The second-order valence-corrected chi connectivity index (χ2v) is 6.68. The Hall–Kier alpha value is -4.93. The van der Waals surface area contributed by atoms with E-state index in [2.05, 4.69) is 0 Å². The van der Waals surface area contributed by atoms with Gasteiger partial charge in [0.15, 0.2) is 0 Å². The molecule has 0 amide bonds. The van der Waals surface area contributed by atoms with Crippen molar-refractivity contribution >= 4 is 37.4 Å². The van der Waals surface area contributed by atoms with Gasteiger partial charge in [0.1, 0.15) is 0 Å². The maximum atomic E-state index is 10.2. The Kier molecular flexibility index (Phi) is 18.8. The molecule has 0 aliphatic carbocycles. The van der Waals surface area contributed by atoms with Gasteiger partial charge in [-0.1, -0.05) is 72.8 Å². The Bertz CT molecular complexity index is 1020. The first kappa shape index (κ1) is 35.2. The fourth-order valence-electron chi connectivity index (χ4n) is 2.32. The van der Waals surface area contributed by atoms with Crippen LogP contribution in [0.25, 0.3) is 0 Å². The van der Waals surface area contributed by atoms with Crippen molar-refractivity contribution in [3.8, 4) is 0 Å². The lowest BCUT2D eigenvalue weighted by atomic mass is 10.2. The van der Waals surface area contributed by atoms with E-state index in [1.54, 1.807) is 121 Å². The van der Waals surface area contributed by atoms with Crippen LogP contribution in [0.5, 0.6) is 0 Å². The highest BCUT2D eigenvalue weighted by Crippen LogP contribution is 1.98. The van der Waals surface area contributed by atoms with Gasteiger partial charge >= 0.3 is 23.9 Å². The number of hydrogen-bond donors (Lipinski definition) is 4. The van der Waals surface area contributed by atoms with Crippen LogP contribution < -0.4 is 0 Å². The molecule has 0 saturated carbocycles.